The van der Waals surface area contributed by atoms with E-state index in [0.29, 0.717) is 13.1 Å². The maximum absolute atomic E-state index is 12.5. The van der Waals surface area contributed by atoms with Crippen LogP contribution in [0.2, 0.25) is 0 Å². The van der Waals surface area contributed by atoms with Gasteiger partial charge in [-0.1, -0.05) is 0 Å². The van der Waals surface area contributed by atoms with E-state index in [1.165, 1.54) is 0 Å². The Hall–Kier alpha value is -0.940. The van der Waals surface area contributed by atoms with Crippen LogP contribution in [0.4, 0.5) is 8.78 Å². The van der Waals surface area contributed by atoms with Gasteiger partial charge in [-0.25, -0.2) is 8.78 Å². The molecule has 0 amide bonds. The molecule has 0 bridgehead atoms. The molecule has 1 aliphatic rings. The Balaban J connectivity index is 1.93. The van der Waals surface area contributed by atoms with E-state index in [1.807, 2.05) is 0 Å². The van der Waals surface area contributed by atoms with E-state index in [1.54, 1.807) is 23.3 Å². The van der Waals surface area contributed by atoms with Crippen LogP contribution in [0.1, 0.15) is 12.2 Å². The van der Waals surface area contributed by atoms with Crippen molar-refractivity contribution in [3.63, 3.8) is 0 Å². The highest BCUT2D eigenvalue weighted by Gasteiger charge is 2.43. The number of hydrogen-bond acceptors (Lipinski definition) is 3. The lowest BCUT2D eigenvalue weighted by Crippen LogP contribution is -2.40. The lowest BCUT2D eigenvalue weighted by molar-refractivity contribution is -0.0874. The van der Waals surface area contributed by atoms with Crippen molar-refractivity contribution in [3.05, 3.63) is 24.2 Å². The first-order chi connectivity index (χ1) is 7.10. The monoisotopic (exact) mass is 217 g/mol. The number of likely N-dealkylation sites (tertiary alicyclic amines) is 1. The lowest BCUT2D eigenvalue weighted by Gasteiger charge is -2.21. The molecule has 0 saturated carbocycles. The molecular formula is C10H13F2NO2. The smallest absolute Gasteiger partial charge is 0.268 e. The Morgan fingerprint density at radius 3 is 2.93 bits per heavy atom. The fourth-order valence-electron chi connectivity index (χ4n) is 1.83. The zero-order chi connectivity index (χ0) is 10.9. The summed E-state index contributed by atoms with van der Waals surface area (Å²) in [5.74, 6) is 0.730. The van der Waals surface area contributed by atoms with Crippen molar-refractivity contribution in [2.24, 2.45) is 0 Å². The summed E-state index contributed by atoms with van der Waals surface area (Å²) in [5.41, 5.74) is -1.84. The molecule has 1 aromatic rings. The van der Waals surface area contributed by atoms with Crippen molar-refractivity contribution < 1.29 is 18.3 Å². The highest BCUT2D eigenvalue weighted by molar-refractivity contribution is 5.00. The standard InChI is InChI=1S/C10H13F2NO2/c11-9(12)10(14)3-4-13(7-10)6-8-2-1-5-15-8/h1-2,5,9,14H,3-4,6-7H2/t10-/m1/s1. The number of rotatable bonds is 3. The van der Waals surface area contributed by atoms with Gasteiger partial charge >= 0.3 is 0 Å². The normalized spacial score (nSPS) is 27.7. The molecular weight excluding hydrogens is 204 g/mol. The van der Waals surface area contributed by atoms with Crippen LogP contribution in [0.3, 0.4) is 0 Å². The second kappa shape index (κ2) is 3.90. The molecule has 0 aliphatic carbocycles. The topological polar surface area (TPSA) is 36.6 Å². The van der Waals surface area contributed by atoms with Gasteiger partial charge in [0.15, 0.2) is 0 Å². The Morgan fingerprint density at radius 2 is 2.40 bits per heavy atom. The van der Waals surface area contributed by atoms with E-state index in [-0.39, 0.29) is 13.0 Å². The van der Waals surface area contributed by atoms with Gasteiger partial charge in [-0.15, -0.1) is 0 Å². The van der Waals surface area contributed by atoms with Crippen molar-refractivity contribution in [3.8, 4) is 0 Å². The third-order valence-electron chi connectivity index (χ3n) is 2.72. The first kappa shape index (κ1) is 10.6. The number of hydrogen-bond donors (Lipinski definition) is 1. The molecule has 1 N–H and O–H groups in total. The van der Waals surface area contributed by atoms with Gasteiger partial charge in [0, 0.05) is 13.1 Å². The van der Waals surface area contributed by atoms with Crippen LogP contribution in [0.25, 0.3) is 0 Å². The van der Waals surface area contributed by atoms with Crippen LogP contribution in [-0.2, 0) is 6.54 Å². The molecule has 3 nitrogen and oxygen atoms in total. The van der Waals surface area contributed by atoms with Gasteiger partial charge in [-0.05, 0) is 18.6 Å². The maximum Gasteiger partial charge on any atom is 0.268 e. The summed E-state index contributed by atoms with van der Waals surface area (Å²) in [7, 11) is 0. The van der Waals surface area contributed by atoms with Crippen LogP contribution < -0.4 is 0 Å². The molecule has 5 heteroatoms. The van der Waals surface area contributed by atoms with Crippen LogP contribution in [0.15, 0.2) is 22.8 Å². The fourth-order valence-corrected chi connectivity index (χ4v) is 1.83. The highest BCUT2D eigenvalue weighted by Crippen LogP contribution is 2.28. The summed E-state index contributed by atoms with van der Waals surface area (Å²) in [6, 6.07) is 3.55. The quantitative estimate of drug-likeness (QED) is 0.833. The van der Waals surface area contributed by atoms with Gasteiger partial charge in [0.25, 0.3) is 6.43 Å². The summed E-state index contributed by atoms with van der Waals surface area (Å²) in [6.45, 7) is 0.953. The average molecular weight is 217 g/mol. The Morgan fingerprint density at radius 1 is 1.60 bits per heavy atom. The van der Waals surface area contributed by atoms with E-state index in [2.05, 4.69) is 0 Å². The number of alkyl halides is 2. The summed E-state index contributed by atoms with van der Waals surface area (Å²) in [4.78, 5) is 1.77. The minimum absolute atomic E-state index is 0.00532. The van der Waals surface area contributed by atoms with Crippen molar-refractivity contribution in [1.29, 1.82) is 0 Å². The highest BCUT2D eigenvalue weighted by atomic mass is 19.3. The van der Waals surface area contributed by atoms with Crippen LogP contribution in [0, 0.1) is 0 Å². The molecule has 0 spiro atoms. The minimum atomic E-state index is -2.68. The second-order valence-electron chi connectivity index (χ2n) is 3.94. The van der Waals surface area contributed by atoms with E-state index < -0.39 is 12.0 Å². The van der Waals surface area contributed by atoms with Gasteiger partial charge in [-0.3, -0.25) is 4.90 Å². The van der Waals surface area contributed by atoms with Crippen molar-refractivity contribution in [2.45, 2.75) is 25.0 Å². The Bertz CT molecular complexity index is 315. The van der Waals surface area contributed by atoms with Gasteiger partial charge in [-0.2, -0.15) is 0 Å². The van der Waals surface area contributed by atoms with Crippen LogP contribution in [0.5, 0.6) is 0 Å². The lowest BCUT2D eigenvalue weighted by atomic mass is 10.1. The predicted molar refractivity (Wildman–Crippen MR) is 49.6 cm³/mol. The van der Waals surface area contributed by atoms with E-state index in [4.69, 9.17) is 4.42 Å². The summed E-state index contributed by atoms with van der Waals surface area (Å²) in [6.07, 6.45) is -1.02. The molecule has 2 rings (SSSR count). The summed E-state index contributed by atoms with van der Waals surface area (Å²) < 4.78 is 30.1. The minimum Gasteiger partial charge on any atom is -0.468 e. The fraction of sp³-hybridized carbons (Fsp3) is 0.600. The molecule has 2 heterocycles. The molecule has 1 saturated heterocycles. The first-order valence-corrected chi connectivity index (χ1v) is 4.85. The third-order valence-corrected chi connectivity index (χ3v) is 2.72. The molecule has 1 aromatic heterocycles. The Labute approximate surface area is 86.3 Å². The number of β-amino-alcohol motifs (C(OH)–C–C–N with tert-alkyl or cyclic N) is 1. The van der Waals surface area contributed by atoms with E-state index in [9.17, 15) is 13.9 Å². The van der Waals surface area contributed by atoms with E-state index >= 15 is 0 Å². The largest absolute Gasteiger partial charge is 0.468 e. The van der Waals surface area contributed by atoms with E-state index in [0.717, 1.165) is 5.76 Å². The molecule has 0 unspecified atom stereocenters. The van der Waals surface area contributed by atoms with Crippen molar-refractivity contribution in [2.75, 3.05) is 13.1 Å². The van der Waals surface area contributed by atoms with Gasteiger partial charge < -0.3 is 9.52 Å². The average Bonchev–Trinajstić information content (AvgIpc) is 2.77. The van der Waals surface area contributed by atoms with Crippen molar-refractivity contribution >= 4 is 0 Å². The molecule has 1 fully saturated rings. The number of halogens is 2. The zero-order valence-corrected chi connectivity index (χ0v) is 8.20. The third kappa shape index (κ3) is 2.18. The predicted octanol–water partition coefficient (Wildman–Crippen LogP) is 1.48. The SMILES string of the molecule is O[C@]1(C(F)F)CCN(Cc2ccco2)C1. The second-order valence-corrected chi connectivity index (χ2v) is 3.94. The molecule has 1 atom stereocenters. The molecule has 15 heavy (non-hydrogen) atoms. The number of nitrogens with zero attached hydrogens (tertiary/aromatic N) is 1. The molecule has 84 valence electrons. The van der Waals surface area contributed by atoms with Gasteiger partial charge in [0.2, 0.25) is 0 Å². The Kier molecular flexibility index (Phi) is 2.75. The molecule has 1 aliphatic heterocycles. The van der Waals surface area contributed by atoms with Crippen LogP contribution in [-0.4, -0.2) is 35.1 Å². The van der Waals surface area contributed by atoms with Gasteiger partial charge in [0.1, 0.15) is 11.4 Å². The number of aliphatic hydroxyl groups is 1. The first-order valence-electron chi connectivity index (χ1n) is 4.85. The van der Waals surface area contributed by atoms with Crippen LogP contribution >= 0.6 is 0 Å². The number of furan rings is 1. The summed E-state index contributed by atoms with van der Waals surface area (Å²) >= 11 is 0. The molecule has 0 radical (unpaired) electrons. The molecule has 0 aromatic carbocycles. The van der Waals surface area contributed by atoms with Gasteiger partial charge in [0.05, 0.1) is 12.8 Å². The maximum atomic E-state index is 12.5. The van der Waals surface area contributed by atoms with Crippen molar-refractivity contribution in [1.82, 2.24) is 4.90 Å². The summed E-state index contributed by atoms with van der Waals surface area (Å²) in [5, 5.41) is 9.55. The zero-order valence-electron chi connectivity index (χ0n) is 8.20.